The molecule has 0 aliphatic rings. The van der Waals surface area contributed by atoms with Crippen LogP contribution in [0.4, 0.5) is 11.4 Å². The van der Waals surface area contributed by atoms with Gasteiger partial charge in [-0.2, -0.15) is 0 Å². The van der Waals surface area contributed by atoms with E-state index in [2.05, 4.69) is 88.9 Å². The first kappa shape index (κ1) is 32.3. The van der Waals surface area contributed by atoms with Crippen LogP contribution in [-0.4, -0.2) is 52.1 Å². The highest BCUT2D eigenvalue weighted by Crippen LogP contribution is 2.34. The van der Waals surface area contributed by atoms with Crippen LogP contribution in [0.2, 0.25) is 0 Å². The lowest BCUT2D eigenvalue weighted by Gasteiger charge is -2.30. The average Bonchev–Trinajstić information content (AvgIpc) is 2.94. The van der Waals surface area contributed by atoms with E-state index in [1.165, 1.54) is 28.1 Å². The summed E-state index contributed by atoms with van der Waals surface area (Å²) >= 11 is 0. The van der Waals surface area contributed by atoms with Crippen molar-refractivity contribution in [2.24, 2.45) is 0 Å². The molecule has 39 heavy (non-hydrogen) atoms. The Morgan fingerprint density at radius 1 is 0.949 bits per heavy atom. The number of aromatic hydroxyl groups is 1. The molecule has 5 nitrogen and oxygen atoms in total. The lowest BCUT2D eigenvalue weighted by Crippen LogP contribution is -2.30. The van der Waals surface area contributed by atoms with Crippen LogP contribution < -0.4 is 14.5 Å². The van der Waals surface area contributed by atoms with Crippen molar-refractivity contribution in [3.63, 3.8) is 0 Å². The van der Waals surface area contributed by atoms with E-state index in [1.807, 2.05) is 19.1 Å². The zero-order valence-corrected chi connectivity index (χ0v) is 25.9. The van der Waals surface area contributed by atoms with Gasteiger partial charge >= 0.3 is 0 Å². The van der Waals surface area contributed by atoms with E-state index in [4.69, 9.17) is 9.47 Å². The second-order valence-corrected chi connectivity index (χ2v) is 10.4. The highest BCUT2D eigenvalue weighted by Gasteiger charge is 2.18. The quantitative estimate of drug-likeness (QED) is 0.178. The van der Waals surface area contributed by atoms with Crippen molar-refractivity contribution in [3.05, 3.63) is 70.3 Å². The van der Waals surface area contributed by atoms with E-state index >= 15 is 0 Å². The number of phenolic OH excluding ortho intramolecular Hbond substituents is 1. The number of rotatable bonds is 16. The summed E-state index contributed by atoms with van der Waals surface area (Å²) in [5.41, 5.74) is 8.61. The Morgan fingerprint density at radius 2 is 1.62 bits per heavy atom. The van der Waals surface area contributed by atoms with E-state index in [-0.39, 0.29) is 6.10 Å². The highest BCUT2D eigenvalue weighted by atomic mass is 16.5. The molecule has 5 heteroatoms. The Balaban J connectivity index is 2.21. The topological polar surface area (TPSA) is 45.2 Å². The lowest BCUT2D eigenvalue weighted by atomic mass is 9.99. The molecule has 0 aliphatic heterocycles. The first-order chi connectivity index (χ1) is 18.7. The number of methoxy groups -OCH3 is 1. The summed E-state index contributed by atoms with van der Waals surface area (Å²) in [6.45, 7) is 15.1. The van der Waals surface area contributed by atoms with E-state index < -0.39 is 0 Å². The molecule has 0 radical (unpaired) electrons. The standard InChI is InChI=1S/C34H52N2O3/c1-10-16-26(11-2)19-29-23-30(37)22-28(13-4)34(29)39-18-15-17-35(7)32-20-27(12-3)21-33(31(32)14-5)36(8)24-25(6)38-9/h10-11,16,20-23,25,37H,12-15,17-19,24H2,1-9H3/b16-10-,26-11+. The van der Waals surface area contributed by atoms with Crippen LogP contribution >= 0.6 is 0 Å². The Bertz CT molecular complexity index is 1110. The number of anilines is 2. The molecule has 0 bridgehead atoms. The zero-order valence-electron chi connectivity index (χ0n) is 25.9. The number of ether oxygens (including phenoxy) is 2. The molecule has 2 rings (SSSR count). The molecular formula is C34H52N2O3. The summed E-state index contributed by atoms with van der Waals surface area (Å²) in [4.78, 5) is 4.71. The van der Waals surface area contributed by atoms with Gasteiger partial charge in [-0.1, -0.05) is 39.0 Å². The van der Waals surface area contributed by atoms with Crippen molar-refractivity contribution >= 4 is 11.4 Å². The first-order valence-corrected chi connectivity index (χ1v) is 14.6. The van der Waals surface area contributed by atoms with Crippen LogP contribution in [0.3, 0.4) is 0 Å². The molecular weight excluding hydrogens is 484 g/mol. The number of hydrogen-bond acceptors (Lipinski definition) is 5. The second-order valence-electron chi connectivity index (χ2n) is 10.4. The number of benzene rings is 2. The van der Waals surface area contributed by atoms with Crippen LogP contribution in [0, 0.1) is 0 Å². The largest absolute Gasteiger partial charge is 0.508 e. The normalized spacial score (nSPS) is 12.7. The molecule has 1 N–H and O–H groups in total. The van der Waals surface area contributed by atoms with Crippen molar-refractivity contribution in [2.75, 3.05) is 50.7 Å². The van der Waals surface area contributed by atoms with Crippen LogP contribution in [0.15, 0.2) is 48.1 Å². The Hall–Kier alpha value is -2.92. The number of likely N-dealkylation sites (N-methyl/N-ethyl adjacent to an activating group) is 1. The summed E-state index contributed by atoms with van der Waals surface area (Å²) in [5.74, 6) is 1.22. The Labute approximate surface area is 238 Å². The van der Waals surface area contributed by atoms with Gasteiger partial charge in [0.25, 0.3) is 0 Å². The summed E-state index contributed by atoms with van der Waals surface area (Å²) in [7, 11) is 6.13. The number of allylic oxidation sites excluding steroid dienone is 4. The fraction of sp³-hybridized carbons (Fsp3) is 0.529. The van der Waals surface area contributed by atoms with Crippen LogP contribution in [0.5, 0.6) is 11.5 Å². The lowest BCUT2D eigenvalue weighted by molar-refractivity contribution is 0.124. The SMILES string of the molecule is C/C=C\C(=C/C)Cc1cc(O)cc(CC)c1OCCCN(C)c1cc(CC)cc(N(C)CC(C)OC)c1CC. The average molecular weight is 537 g/mol. The van der Waals surface area contributed by atoms with E-state index in [0.717, 1.165) is 62.1 Å². The fourth-order valence-corrected chi connectivity index (χ4v) is 5.11. The van der Waals surface area contributed by atoms with Gasteiger partial charge in [-0.15, -0.1) is 0 Å². The molecule has 1 atom stereocenters. The molecule has 2 aromatic carbocycles. The minimum absolute atomic E-state index is 0.169. The summed E-state index contributed by atoms with van der Waals surface area (Å²) < 4.78 is 12.0. The van der Waals surface area contributed by atoms with Crippen LogP contribution in [-0.2, 0) is 30.4 Å². The monoisotopic (exact) mass is 536 g/mol. The van der Waals surface area contributed by atoms with E-state index in [1.54, 1.807) is 7.11 Å². The maximum absolute atomic E-state index is 10.3. The molecule has 0 saturated heterocycles. The van der Waals surface area contributed by atoms with Crippen molar-refractivity contribution in [2.45, 2.75) is 79.8 Å². The van der Waals surface area contributed by atoms with Gasteiger partial charge in [-0.25, -0.2) is 0 Å². The molecule has 0 heterocycles. The highest BCUT2D eigenvalue weighted by molar-refractivity contribution is 5.69. The van der Waals surface area contributed by atoms with Gasteiger partial charge in [0.1, 0.15) is 11.5 Å². The van der Waals surface area contributed by atoms with Crippen LogP contribution in [0.25, 0.3) is 0 Å². The minimum Gasteiger partial charge on any atom is -0.508 e. The van der Waals surface area contributed by atoms with Gasteiger partial charge in [-0.3, -0.25) is 0 Å². The smallest absolute Gasteiger partial charge is 0.126 e. The molecule has 216 valence electrons. The number of phenols is 1. The van der Waals surface area contributed by atoms with Gasteiger partial charge in [0.15, 0.2) is 0 Å². The molecule has 0 saturated carbocycles. The summed E-state index contributed by atoms with van der Waals surface area (Å²) in [6.07, 6.45) is 10.9. The number of aryl methyl sites for hydroxylation is 2. The molecule has 0 amide bonds. The third kappa shape index (κ3) is 9.06. The van der Waals surface area contributed by atoms with Crippen molar-refractivity contribution in [1.29, 1.82) is 0 Å². The number of nitrogens with zero attached hydrogens (tertiary/aromatic N) is 2. The van der Waals surface area contributed by atoms with E-state index in [9.17, 15) is 5.11 Å². The molecule has 1 unspecified atom stereocenters. The fourth-order valence-electron chi connectivity index (χ4n) is 5.11. The van der Waals surface area contributed by atoms with Crippen molar-refractivity contribution < 1.29 is 14.6 Å². The number of hydrogen-bond donors (Lipinski definition) is 1. The molecule has 0 aromatic heterocycles. The Kier molecular flexibility index (Phi) is 13.5. The molecule has 0 aliphatic carbocycles. The summed E-state index contributed by atoms with van der Waals surface area (Å²) in [6, 6.07) is 8.37. The van der Waals surface area contributed by atoms with E-state index in [0.29, 0.717) is 12.4 Å². The first-order valence-electron chi connectivity index (χ1n) is 14.6. The summed E-state index contributed by atoms with van der Waals surface area (Å²) in [5, 5.41) is 10.3. The van der Waals surface area contributed by atoms with Gasteiger partial charge in [0, 0.05) is 57.7 Å². The zero-order chi connectivity index (χ0) is 28.9. The maximum Gasteiger partial charge on any atom is 0.126 e. The van der Waals surface area contributed by atoms with Gasteiger partial charge in [-0.05, 0) is 93.0 Å². The third-order valence-electron chi connectivity index (χ3n) is 7.42. The second kappa shape index (κ2) is 16.2. The van der Waals surface area contributed by atoms with Crippen molar-refractivity contribution in [1.82, 2.24) is 0 Å². The molecule has 2 aromatic rings. The minimum atomic E-state index is 0.169. The van der Waals surface area contributed by atoms with Gasteiger partial charge < -0.3 is 24.4 Å². The third-order valence-corrected chi connectivity index (χ3v) is 7.42. The van der Waals surface area contributed by atoms with Crippen LogP contribution in [0.1, 0.15) is 70.2 Å². The van der Waals surface area contributed by atoms with Gasteiger partial charge in [0.05, 0.1) is 12.7 Å². The predicted octanol–water partition coefficient (Wildman–Crippen LogP) is 7.52. The van der Waals surface area contributed by atoms with Crippen molar-refractivity contribution in [3.8, 4) is 11.5 Å². The maximum atomic E-state index is 10.3. The predicted molar refractivity (Wildman–Crippen MR) is 168 cm³/mol. The molecule has 0 spiro atoms. The Morgan fingerprint density at radius 3 is 2.18 bits per heavy atom. The molecule has 0 fully saturated rings. The van der Waals surface area contributed by atoms with Gasteiger partial charge in [0.2, 0.25) is 0 Å².